The van der Waals surface area contributed by atoms with Crippen molar-refractivity contribution in [2.45, 2.75) is 64.2 Å². The number of halogens is 2. The molecule has 0 atom stereocenters. The minimum atomic E-state index is -4.07. The third kappa shape index (κ3) is 6.77. The Morgan fingerprint density at radius 2 is 1.72 bits per heavy atom. The molecule has 0 spiro atoms. The summed E-state index contributed by atoms with van der Waals surface area (Å²) < 4.78 is 69.6. The van der Waals surface area contributed by atoms with Crippen molar-refractivity contribution in [1.29, 1.82) is 0 Å². The van der Waals surface area contributed by atoms with E-state index in [1.807, 2.05) is 33.9 Å². The molecule has 9 nitrogen and oxygen atoms in total. The number of amides is 1. The molecule has 0 unspecified atom stereocenters. The molecular formula is C34H38F2N2O7SSi. The van der Waals surface area contributed by atoms with Gasteiger partial charge in [0.1, 0.15) is 34.3 Å². The molecule has 250 valence electrons. The van der Waals surface area contributed by atoms with E-state index >= 15 is 4.39 Å². The number of carbonyl (C=O) groups excluding carboxylic acids is 1. The highest BCUT2D eigenvalue weighted by Gasteiger charge is 2.40. The van der Waals surface area contributed by atoms with Crippen molar-refractivity contribution in [1.82, 2.24) is 5.32 Å². The van der Waals surface area contributed by atoms with E-state index in [-0.39, 0.29) is 50.4 Å². The number of nitrogens with zero attached hydrogens (tertiary/aromatic N) is 1. The molecule has 47 heavy (non-hydrogen) atoms. The number of nitrogens with one attached hydrogen (secondary N) is 1. The number of benzene rings is 3. The number of aromatic carboxylic acids is 1. The molecule has 3 aromatic carbocycles. The lowest BCUT2D eigenvalue weighted by Crippen LogP contribution is -2.44. The lowest BCUT2D eigenvalue weighted by atomic mass is 10.00. The van der Waals surface area contributed by atoms with Crippen LogP contribution in [0.15, 0.2) is 52.9 Å². The van der Waals surface area contributed by atoms with Crippen LogP contribution in [0.25, 0.3) is 22.3 Å². The average Bonchev–Trinajstić information content (AvgIpc) is 3.75. The summed E-state index contributed by atoms with van der Waals surface area (Å²) in [6, 6.07) is 10.8. The lowest BCUT2D eigenvalue weighted by Gasteiger charge is -2.37. The Morgan fingerprint density at radius 3 is 2.26 bits per heavy atom. The predicted molar refractivity (Wildman–Crippen MR) is 179 cm³/mol. The van der Waals surface area contributed by atoms with E-state index in [2.05, 4.69) is 5.32 Å². The van der Waals surface area contributed by atoms with E-state index in [4.69, 9.17) is 8.84 Å². The zero-order chi connectivity index (χ0) is 34.6. The Balaban J connectivity index is 1.67. The second-order valence-electron chi connectivity index (χ2n) is 13.5. The summed E-state index contributed by atoms with van der Waals surface area (Å²) in [4.78, 5) is 25.4. The summed E-state index contributed by atoms with van der Waals surface area (Å²) in [5.41, 5.74) is 1.26. The number of furan rings is 1. The lowest BCUT2D eigenvalue weighted by molar-refractivity contribution is 0.0694. The smallest absolute Gasteiger partial charge is 0.339 e. The maximum Gasteiger partial charge on any atom is 0.339 e. The number of carboxylic acids is 1. The molecule has 2 N–H and O–H groups in total. The number of carbonyl (C=O) groups is 2. The van der Waals surface area contributed by atoms with Crippen LogP contribution in [0.3, 0.4) is 0 Å². The zero-order valence-corrected chi connectivity index (χ0v) is 29.1. The summed E-state index contributed by atoms with van der Waals surface area (Å²) in [6.07, 6.45) is 2.52. The Hall–Kier alpha value is -4.23. The van der Waals surface area contributed by atoms with E-state index in [1.54, 1.807) is 6.07 Å². The molecule has 13 heteroatoms. The van der Waals surface area contributed by atoms with Gasteiger partial charge in [-0.3, -0.25) is 9.10 Å². The van der Waals surface area contributed by atoms with Gasteiger partial charge in [0.05, 0.1) is 24.1 Å². The molecule has 1 amide bonds. The van der Waals surface area contributed by atoms with Gasteiger partial charge in [0, 0.05) is 35.7 Å². The summed E-state index contributed by atoms with van der Waals surface area (Å²) in [7, 11) is -5.15. The van der Waals surface area contributed by atoms with Crippen molar-refractivity contribution in [3.63, 3.8) is 0 Å². The molecule has 0 bridgehead atoms. The van der Waals surface area contributed by atoms with Crippen LogP contribution in [0.2, 0.25) is 18.1 Å². The van der Waals surface area contributed by atoms with Crippen LogP contribution in [0.4, 0.5) is 14.5 Å². The van der Waals surface area contributed by atoms with Crippen LogP contribution in [-0.4, -0.2) is 47.0 Å². The Kier molecular flexibility index (Phi) is 8.78. The maximum atomic E-state index is 15.8. The predicted octanol–water partition coefficient (Wildman–Crippen LogP) is 7.66. The van der Waals surface area contributed by atoms with Crippen molar-refractivity contribution >= 4 is 46.9 Å². The number of sulfonamides is 1. The van der Waals surface area contributed by atoms with E-state index in [0.29, 0.717) is 16.5 Å². The second kappa shape index (κ2) is 12.1. The largest absolute Gasteiger partial charge is 0.543 e. The summed E-state index contributed by atoms with van der Waals surface area (Å²) in [5.74, 6) is -3.02. The van der Waals surface area contributed by atoms with Gasteiger partial charge in [0.15, 0.2) is 0 Å². The highest BCUT2D eigenvalue weighted by molar-refractivity contribution is 7.92. The van der Waals surface area contributed by atoms with Gasteiger partial charge in [0.25, 0.3) is 14.2 Å². The molecule has 0 saturated heterocycles. The molecule has 1 heterocycles. The normalized spacial score (nSPS) is 13.9. The van der Waals surface area contributed by atoms with Gasteiger partial charge in [-0.25, -0.2) is 22.0 Å². The molecule has 1 saturated carbocycles. The van der Waals surface area contributed by atoms with Crippen molar-refractivity contribution in [3.8, 4) is 17.1 Å². The van der Waals surface area contributed by atoms with Crippen LogP contribution >= 0.6 is 0 Å². The van der Waals surface area contributed by atoms with E-state index < -0.39 is 48.4 Å². The Labute approximate surface area is 273 Å². The SMILES string of the molecule is CNC(=O)c1c(-c2ccc(F)cc2)oc2cc(N(Cc3cc(C(=O)O)c(O[Si](C)(C)C(C)(C)C)cc3F)S(C)(=O)=O)c(C3CC3)cc12. The van der Waals surface area contributed by atoms with Crippen LogP contribution in [0, 0.1) is 11.6 Å². The fraction of sp³-hybridized carbons (Fsp3) is 0.353. The third-order valence-corrected chi connectivity index (χ3v) is 14.4. The highest BCUT2D eigenvalue weighted by Crippen LogP contribution is 2.48. The van der Waals surface area contributed by atoms with Gasteiger partial charge in [-0.15, -0.1) is 0 Å². The zero-order valence-electron chi connectivity index (χ0n) is 27.3. The van der Waals surface area contributed by atoms with E-state index in [9.17, 15) is 27.5 Å². The Morgan fingerprint density at radius 1 is 1.09 bits per heavy atom. The van der Waals surface area contributed by atoms with Gasteiger partial charge >= 0.3 is 5.97 Å². The average molecular weight is 685 g/mol. The molecule has 5 rings (SSSR count). The monoisotopic (exact) mass is 684 g/mol. The number of carboxylic acid groups (broad SMARTS) is 1. The quantitative estimate of drug-likeness (QED) is 0.164. The first kappa shape index (κ1) is 34.1. The molecule has 0 aliphatic heterocycles. The third-order valence-electron chi connectivity index (χ3n) is 8.95. The van der Waals surface area contributed by atoms with Crippen LogP contribution in [-0.2, 0) is 16.6 Å². The second-order valence-corrected chi connectivity index (χ2v) is 20.1. The van der Waals surface area contributed by atoms with Gasteiger partial charge in [0.2, 0.25) is 10.0 Å². The topological polar surface area (TPSA) is 126 Å². The summed E-state index contributed by atoms with van der Waals surface area (Å²) >= 11 is 0. The number of fused-ring (bicyclic) bond motifs is 1. The van der Waals surface area contributed by atoms with Crippen molar-refractivity contribution in [2.24, 2.45) is 0 Å². The molecule has 1 fully saturated rings. The number of anilines is 1. The van der Waals surface area contributed by atoms with Crippen molar-refractivity contribution < 1.29 is 40.7 Å². The van der Waals surface area contributed by atoms with Crippen LogP contribution in [0.5, 0.6) is 5.75 Å². The summed E-state index contributed by atoms with van der Waals surface area (Å²) in [6.45, 7) is 9.24. The fourth-order valence-electron chi connectivity index (χ4n) is 5.18. The van der Waals surface area contributed by atoms with Gasteiger partial charge in [-0.2, -0.15) is 0 Å². The van der Waals surface area contributed by atoms with Gasteiger partial charge < -0.3 is 19.3 Å². The fourth-order valence-corrected chi connectivity index (χ4v) is 7.09. The standard InChI is InChI=1S/C34H38F2N2O7SSi/c1-34(2,3)47(6,7)45-29-16-26(36)21(14-25(29)33(40)41)18-38(46(5,42)43)27-17-28-24(15-23(27)19-8-9-19)30(32(39)37-4)31(44-28)20-10-12-22(35)13-11-20/h10-17,19H,8-9,18H2,1-7H3,(H,37,39)(H,40,41). The van der Waals surface area contributed by atoms with Crippen molar-refractivity contribution in [2.75, 3.05) is 17.6 Å². The minimum absolute atomic E-state index is 0.0276. The number of hydrogen-bond donors (Lipinski definition) is 2. The van der Waals surface area contributed by atoms with Gasteiger partial charge in [-0.1, -0.05) is 20.8 Å². The number of rotatable bonds is 10. The molecule has 1 aliphatic rings. The van der Waals surface area contributed by atoms with Crippen molar-refractivity contribution in [3.05, 3.63) is 82.4 Å². The van der Waals surface area contributed by atoms with Gasteiger partial charge in [-0.05, 0) is 78.9 Å². The van der Waals surface area contributed by atoms with Crippen LogP contribution < -0.4 is 14.0 Å². The first-order chi connectivity index (χ1) is 21.8. The first-order valence-corrected chi connectivity index (χ1v) is 19.9. The minimum Gasteiger partial charge on any atom is -0.543 e. The molecule has 1 aliphatic carbocycles. The van der Waals surface area contributed by atoms with Crippen LogP contribution in [0.1, 0.15) is 71.4 Å². The molecule has 0 radical (unpaired) electrons. The molecular weight excluding hydrogens is 647 g/mol. The van der Waals surface area contributed by atoms with E-state index in [1.165, 1.54) is 37.4 Å². The summed E-state index contributed by atoms with van der Waals surface area (Å²) in [5, 5.41) is 12.8. The highest BCUT2D eigenvalue weighted by atomic mass is 32.2. The molecule has 1 aromatic heterocycles. The van der Waals surface area contributed by atoms with E-state index in [0.717, 1.165) is 35.5 Å². The molecule has 4 aromatic rings. The first-order valence-electron chi connectivity index (χ1n) is 15.1. The Bertz CT molecular complexity index is 2000. The number of hydrogen-bond acceptors (Lipinski definition) is 6. The maximum absolute atomic E-state index is 15.8.